The predicted molar refractivity (Wildman–Crippen MR) is 86.7 cm³/mol. The Hall–Kier alpha value is -2.18. The highest BCUT2D eigenvalue weighted by Gasteiger charge is 2.24. The monoisotopic (exact) mass is 318 g/mol. The Morgan fingerprint density at radius 2 is 1.82 bits per heavy atom. The van der Waals surface area contributed by atoms with E-state index in [0.29, 0.717) is 12.8 Å². The first-order valence-corrected chi connectivity index (χ1v) is 8.33. The van der Waals surface area contributed by atoms with E-state index in [1.165, 1.54) is 12.1 Å². The Balaban J connectivity index is 2.41. The first-order valence-electron chi connectivity index (χ1n) is 6.85. The van der Waals surface area contributed by atoms with Crippen molar-refractivity contribution < 1.29 is 13.5 Å². The normalized spacial score (nSPS) is 11.3. The fraction of sp³-hybridized carbons (Fsp3) is 0.188. The summed E-state index contributed by atoms with van der Waals surface area (Å²) >= 11 is 0. The Bertz CT molecular complexity index is 771. The molecule has 5 nitrogen and oxygen atoms in total. The van der Waals surface area contributed by atoms with Crippen molar-refractivity contribution in [2.24, 2.45) is 0 Å². The summed E-state index contributed by atoms with van der Waals surface area (Å²) in [4.78, 5) is 0.0696. The first kappa shape index (κ1) is 16.2. The molecule has 0 radical (unpaired) electrons. The molecule has 0 aliphatic heterocycles. The maximum atomic E-state index is 12.5. The van der Waals surface area contributed by atoms with Crippen molar-refractivity contribution in [1.29, 1.82) is 5.41 Å². The van der Waals surface area contributed by atoms with Gasteiger partial charge in [-0.1, -0.05) is 24.3 Å². The number of sulfone groups is 1. The molecule has 4 N–H and O–H groups in total. The zero-order chi connectivity index (χ0) is 16.2. The van der Waals surface area contributed by atoms with E-state index >= 15 is 0 Å². The molecule has 0 amide bonds. The van der Waals surface area contributed by atoms with E-state index in [1.54, 1.807) is 36.4 Å². The van der Waals surface area contributed by atoms with Crippen LogP contribution in [0.5, 0.6) is 0 Å². The summed E-state index contributed by atoms with van der Waals surface area (Å²) in [6, 6.07) is 12.8. The molecule has 0 unspecified atom stereocenters. The fourth-order valence-corrected chi connectivity index (χ4v) is 3.32. The summed E-state index contributed by atoms with van der Waals surface area (Å²) in [6.45, 7) is 0.0550. The van der Waals surface area contributed by atoms with Crippen molar-refractivity contribution in [3.05, 3.63) is 59.7 Å². The second-order valence-corrected chi connectivity index (χ2v) is 6.78. The van der Waals surface area contributed by atoms with E-state index in [1.807, 2.05) is 0 Å². The van der Waals surface area contributed by atoms with Gasteiger partial charge < -0.3 is 10.8 Å². The predicted octanol–water partition coefficient (Wildman–Crippen LogP) is 1.99. The molecule has 0 atom stereocenters. The average molecular weight is 318 g/mol. The van der Waals surface area contributed by atoms with Gasteiger partial charge in [-0.15, -0.1) is 0 Å². The molecule has 2 aromatic rings. The zero-order valence-electron chi connectivity index (χ0n) is 12.0. The van der Waals surface area contributed by atoms with Gasteiger partial charge in [0.1, 0.15) is 0 Å². The van der Waals surface area contributed by atoms with Crippen LogP contribution >= 0.6 is 0 Å². The highest BCUT2D eigenvalue weighted by Crippen LogP contribution is 2.22. The highest BCUT2D eigenvalue weighted by molar-refractivity contribution is 8.06. The summed E-state index contributed by atoms with van der Waals surface area (Å²) < 4.78 is 25.0. The van der Waals surface area contributed by atoms with E-state index in [9.17, 15) is 8.42 Å². The molecule has 2 rings (SSSR count). The lowest BCUT2D eigenvalue weighted by Crippen LogP contribution is -2.17. The number of anilines is 1. The van der Waals surface area contributed by atoms with Crippen molar-refractivity contribution in [2.75, 3.05) is 12.3 Å². The molecular weight excluding hydrogens is 300 g/mol. The van der Waals surface area contributed by atoms with Crippen LogP contribution in [0.15, 0.2) is 53.4 Å². The van der Waals surface area contributed by atoms with Crippen molar-refractivity contribution in [2.45, 2.75) is 17.7 Å². The minimum absolute atomic E-state index is 0.0550. The molecule has 0 saturated heterocycles. The first-order chi connectivity index (χ1) is 10.5. The molecule has 0 fully saturated rings. The lowest BCUT2D eigenvalue weighted by atomic mass is 10.1. The van der Waals surface area contributed by atoms with Crippen molar-refractivity contribution in [3.8, 4) is 0 Å². The number of aliphatic hydroxyl groups is 1. The summed E-state index contributed by atoms with van der Waals surface area (Å²) in [7, 11) is -3.90. The third-order valence-electron chi connectivity index (χ3n) is 3.31. The van der Waals surface area contributed by atoms with Crippen LogP contribution in [0.4, 0.5) is 5.69 Å². The van der Waals surface area contributed by atoms with Gasteiger partial charge in [0.2, 0.25) is 9.84 Å². The van der Waals surface area contributed by atoms with Gasteiger partial charge in [-0.25, -0.2) is 8.42 Å². The minimum Gasteiger partial charge on any atom is -0.398 e. The van der Waals surface area contributed by atoms with E-state index in [-0.39, 0.29) is 22.8 Å². The molecule has 2 aromatic carbocycles. The molecule has 22 heavy (non-hydrogen) atoms. The topological polar surface area (TPSA) is 104 Å². The number of aliphatic hydroxyl groups excluding tert-OH is 1. The molecule has 0 aromatic heterocycles. The summed E-state index contributed by atoms with van der Waals surface area (Å²) in [5.74, 6) is 0. The van der Waals surface area contributed by atoms with Crippen molar-refractivity contribution in [3.63, 3.8) is 0 Å². The second kappa shape index (κ2) is 6.72. The number of hydrogen-bond donors (Lipinski definition) is 3. The quantitative estimate of drug-likeness (QED) is 0.445. The smallest absolute Gasteiger partial charge is 0.223 e. The number of hydrogen-bond acceptors (Lipinski definition) is 5. The van der Waals surface area contributed by atoms with Crippen LogP contribution in [0, 0.1) is 5.41 Å². The molecular formula is C16H18N2O3S. The number of rotatable bonds is 5. The maximum Gasteiger partial charge on any atom is 0.223 e. The molecule has 6 heteroatoms. The molecule has 0 heterocycles. The lowest BCUT2D eigenvalue weighted by molar-refractivity contribution is 0.288. The Kier molecular flexibility index (Phi) is 4.95. The summed E-state index contributed by atoms with van der Waals surface area (Å²) in [5, 5.41) is 16.4. The number of nitrogen functional groups attached to an aromatic ring is 1. The molecule has 0 aliphatic carbocycles. The number of benzene rings is 2. The highest BCUT2D eigenvalue weighted by atomic mass is 32.2. The molecule has 116 valence electrons. The number of nitrogens with two attached hydrogens (primary N) is 1. The SMILES string of the molecule is N=C(c1cc(CCCO)ccc1N)S(=O)(=O)c1ccccc1. The zero-order valence-corrected chi connectivity index (χ0v) is 12.8. The van der Waals surface area contributed by atoms with Crippen LogP contribution in [0.1, 0.15) is 17.5 Å². The number of nitrogens with one attached hydrogen (secondary N) is 1. The van der Waals surface area contributed by atoms with Gasteiger partial charge in [0, 0.05) is 17.9 Å². The van der Waals surface area contributed by atoms with Crippen LogP contribution < -0.4 is 5.73 Å². The third kappa shape index (κ3) is 3.35. The summed E-state index contributed by atoms with van der Waals surface area (Å²) in [5.41, 5.74) is 7.12. The Morgan fingerprint density at radius 1 is 1.14 bits per heavy atom. The Labute approximate surface area is 129 Å². The van der Waals surface area contributed by atoms with E-state index < -0.39 is 14.9 Å². The average Bonchev–Trinajstić information content (AvgIpc) is 2.54. The lowest BCUT2D eigenvalue weighted by Gasteiger charge is -2.11. The van der Waals surface area contributed by atoms with Crippen LogP contribution in [0.3, 0.4) is 0 Å². The van der Waals surface area contributed by atoms with Crippen LogP contribution in [0.25, 0.3) is 0 Å². The van der Waals surface area contributed by atoms with E-state index in [2.05, 4.69) is 0 Å². The van der Waals surface area contributed by atoms with Crippen LogP contribution in [-0.2, 0) is 16.3 Å². The molecule has 0 saturated carbocycles. The van der Waals surface area contributed by atoms with Gasteiger partial charge in [-0.3, -0.25) is 5.41 Å². The molecule has 0 aliphatic rings. The minimum atomic E-state index is -3.90. The van der Waals surface area contributed by atoms with E-state index in [4.69, 9.17) is 16.2 Å². The maximum absolute atomic E-state index is 12.5. The fourth-order valence-electron chi connectivity index (χ4n) is 2.10. The van der Waals surface area contributed by atoms with Gasteiger partial charge in [-0.2, -0.15) is 0 Å². The van der Waals surface area contributed by atoms with Crippen LogP contribution in [-0.4, -0.2) is 25.2 Å². The Morgan fingerprint density at radius 3 is 2.45 bits per heavy atom. The standard InChI is InChI=1S/C16H18N2O3S/c17-15-9-8-12(5-4-10-19)11-14(15)16(18)22(20,21)13-6-2-1-3-7-13/h1-3,6-9,11,18-19H,4-5,10,17H2. The van der Waals surface area contributed by atoms with Crippen LogP contribution in [0.2, 0.25) is 0 Å². The van der Waals surface area contributed by atoms with Gasteiger partial charge in [0.25, 0.3) is 0 Å². The van der Waals surface area contributed by atoms with Gasteiger partial charge in [-0.05, 0) is 42.7 Å². The van der Waals surface area contributed by atoms with Gasteiger partial charge in [0.15, 0.2) is 5.04 Å². The third-order valence-corrected chi connectivity index (χ3v) is 4.96. The van der Waals surface area contributed by atoms with E-state index in [0.717, 1.165) is 5.56 Å². The second-order valence-electron chi connectivity index (χ2n) is 4.89. The summed E-state index contributed by atoms with van der Waals surface area (Å²) in [6.07, 6.45) is 1.17. The molecule has 0 bridgehead atoms. The van der Waals surface area contributed by atoms with Gasteiger partial charge >= 0.3 is 0 Å². The van der Waals surface area contributed by atoms with Crippen molar-refractivity contribution >= 4 is 20.6 Å². The number of aryl methyl sites for hydroxylation is 1. The van der Waals surface area contributed by atoms with Gasteiger partial charge in [0.05, 0.1) is 4.90 Å². The largest absolute Gasteiger partial charge is 0.398 e. The van der Waals surface area contributed by atoms with Crippen molar-refractivity contribution in [1.82, 2.24) is 0 Å². The molecule has 0 spiro atoms.